The SMILES string of the molecule is CN=C(NCCSc1ccc(Cl)cc1)N(C)Cc1csc(C)n1. The Hall–Kier alpha value is -1.24. The van der Waals surface area contributed by atoms with E-state index < -0.39 is 0 Å². The quantitative estimate of drug-likeness (QED) is 0.363. The molecule has 0 amide bonds. The first kappa shape index (κ1) is 18.1. The molecule has 0 saturated heterocycles. The van der Waals surface area contributed by atoms with Crippen LogP contribution in [-0.4, -0.2) is 42.2 Å². The summed E-state index contributed by atoms with van der Waals surface area (Å²) in [6, 6.07) is 7.91. The molecule has 4 nitrogen and oxygen atoms in total. The second kappa shape index (κ2) is 9.15. The van der Waals surface area contributed by atoms with Crippen molar-refractivity contribution in [2.75, 3.05) is 26.4 Å². The lowest BCUT2D eigenvalue weighted by Crippen LogP contribution is -2.39. The van der Waals surface area contributed by atoms with E-state index in [1.54, 1.807) is 30.1 Å². The van der Waals surface area contributed by atoms with Gasteiger partial charge in [-0.25, -0.2) is 4.98 Å². The van der Waals surface area contributed by atoms with Crippen LogP contribution in [0, 0.1) is 6.92 Å². The van der Waals surface area contributed by atoms with E-state index in [2.05, 4.69) is 25.6 Å². The molecule has 0 unspecified atom stereocenters. The second-order valence-electron chi connectivity index (χ2n) is 4.99. The number of thiazole rings is 1. The number of rotatable bonds is 6. The molecule has 0 aliphatic heterocycles. The highest BCUT2D eigenvalue weighted by atomic mass is 35.5. The highest BCUT2D eigenvalue weighted by molar-refractivity contribution is 7.99. The third-order valence-electron chi connectivity index (χ3n) is 3.11. The molecule has 7 heteroatoms. The van der Waals surface area contributed by atoms with Crippen LogP contribution < -0.4 is 5.32 Å². The lowest BCUT2D eigenvalue weighted by molar-refractivity contribution is 0.473. The van der Waals surface area contributed by atoms with Crippen LogP contribution in [0.3, 0.4) is 0 Å². The maximum Gasteiger partial charge on any atom is 0.193 e. The zero-order chi connectivity index (χ0) is 16.7. The Kier molecular flexibility index (Phi) is 7.20. The highest BCUT2D eigenvalue weighted by Crippen LogP contribution is 2.19. The van der Waals surface area contributed by atoms with Crippen LogP contribution in [0.1, 0.15) is 10.7 Å². The Labute approximate surface area is 151 Å². The summed E-state index contributed by atoms with van der Waals surface area (Å²) in [5.41, 5.74) is 1.08. The zero-order valence-electron chi connectivity index (χ0n) is 13.5. The summed E-state index contributed by atoms with van der Waals surface area (Å²) in [6.45, 7) is 3.63. The van der Waals surface area contributed by atoms with Gasteiger partial charge in [-0.1, -0.05) is 11.6 Å². The van der Waals surface area contributed by atoms with E-state index in [1.165, 1.54) is 4.90 Å². The molecule has 0 fully saturated rings. The molecule has 2 rings (SSSR count). The van der Waals surface area contributed by atoms with Crippen molar-refractivity contribution in [1.82, 2.24) is 15.2 Å². The molecule has 0 radical (unpaired) electrons. The fourth-order valence-electron chi connectivity index (χ4n) is 2.05. The molecule has 0 saturated carbocycles. The molecule has 0 atom stereocenters. The number of nitrogens with zero attached hydrogens (tertiary/aromatic N) is 3. The van der Waals surface area contributed by atoms with Gasteiger partial charge in [-0.3, -0.25) is 4.99 Å². The molecular weight excluding hydrogens is 348 g/mol. The lowest BCUT2D eigenvalue weighted by Gasteiger charge is -2.21. The number of guanidine groups is 1. The fraction of sp³-hybridized carbons (Fsp3) is 0.375. The maximum absolute atomic E-state index is 5.89. The standard InChI is InChI=1S/C16H21ClN4S2/c1-12-20-14(11-23-12)10-21(3)16(18-2)19-8-9-22-15-6-4-13(17)5-7-15/h4-7,11H,8-10H2,1-3H3,(H,18,19). The van der Waals surface area contributed by atoms with E-state index in [-0.39, 0.29) is 0 Å². The second-order valence-corrected chi connectivity index (χ2v) is 7.66. The summed E-state index contributed by atoms with van der Waals surface area (Å²) in [6.07, 6.45) is 0. The zero-order valence-corrected chi connectivity index (χ0v) is 15.9. The van der Waals surface area contributed by atoms with Crippen LogP contribution in [0.25, 0.3) is 0 Å². The van der Waals surface area contributed by atoms with Crippen molar-refractivity contribution in [2.45, 2.75) is 18.4 Å². The van der Waals surface area contributed by atoms with Crippen molar-refractivity contribution >= 4 is 40.7 Å². The minimum Gasteiger partial charge on any atom is -0.355 e. The molecular formula is C16H21ClN4S2. The molecule has 0 aliphatic carbocycles. The van der Waals surface area contributed by atoms with Gasteiger partial charge in [0.2, 0.25) is 0 Å². The predicted octanol–water partition coefficient (Wildman–Crippen LogP) is 3.90. The number of benzene rings is 1. The third kappa shape index (κ3) is 6.05. The number of hydrogen-bond donors (Lipinski definition) is 1. The van der Waals surface area contributed by atoms with Gasteiger partial charge in [0.1, 0.15) is 0 Å². The number of thioether (sulfide) groups is 1. The summed E-state index contributed by atoms with van der Waals surface area (Å²) in [5, 5.41) is 7.34. The molecule has 1 heterocycles. The Bertz CT molecular complexity index is 640. The molecule has 1 aromatic heterocycles. The summed E-state index contributed by atoms with van der Waals surface area (Å²) in [4.78, 5) is 12.1. The number of aliphatic imine (C=N–C) groups is 1. The molecule has 1 aromatic carbocycles. The molecule has 0 aliphatic rings. The van der Waals surface area contributed by atoms with Gasteiger partial charge in [0.15, 0.2) is 5.96 Å². The van der Waals surface area contributed by atoms with Gasteiger partial charge in [0.05, 0.1) is 17.2 Å². The van der Waals surface area contributed by atoms with Crippen LogP contribution in [0.2, 0.25) is 5.02 Å². The number of halogens is 1. The van der Waals surface area contributed by atoms with Crippen molar-refractivity contribution in [1.29, 1.82) is 0 Å². The van der Waals surface area contributed by atoms with Gasteiger partial charge in [0.25, 0.3) is 0 Å². The Morgan fingerprint density at radius 1 is 1.39 bits per heavy atom. The number of nitrogens with one attached hydrogen (secondary N) is 1. The van der Waals surface area contributed by atoms with Gasteiger partial charge >= 0.3 is 0 Å². The van der Waals surface area contributed by atoms with Crippen molar-refractivity contribution in [2.24, 2.45) is 4.99 Å². The molecule has 2 aromatic rings. The molecule has 23 heavy (non-hydrogen) atoms. The normalized spacial score (nSPS) is 11.6. The Morgan fingerprint density at radius 3 is 2.74 bits per heavy atom. The average molecular weight is 369 g/mol. The first-order valence-corrected chi connectivity index (χ1v) is 9.54. The predicted molar refractivity (Wildman–Crippen MR) is 102 cm³/mol. The van der Waals surface area contributed by atoms with Crippen LogP contribution in [0.15, 0.2) is 39.5 Å². The van der Waals surface area contributed by atoms with Crippen LogP contribution >= 0.6 is 34.7 Å². The van der Waals surface area contributed by atoms with Gasteiger partial charge < -0.3 is 10.2 Å². The molecule has 124 valence electrons. The fourth-order valence-corrected chi connectivity index (χ4v) is 3.54. The molecule has 1 N–H and O–H groups in total. The van der Waals surface area contributed by atoms with E-state index in [0.717, 1.165) is 40.5 Å². The number of aromatic nitrogens is 1. The summed E-state index contributed by atoms with van der Waals surface area (Å²) < 4.78 is 0. The van der Waals surface area contributed by atoms with E-state index in [9.17, 15) is 0 Å². The maximum atomic E-state index is 5.89. The third-order valence-corrected chi connectivity index (χ3v) is 5.19. The highest BCUT2D eigenvalue weighted by Gasteiger charge is 2.08. The molecule has 0 spiro atoms. The van der Waals surface area contributed by atoms with Gasteiger partial charge in [-0.15, -0.1) is 23.1 Å². The van der Waals surface area contributed by atoms with Gasteiger partial charge in [-0.2, -0.15) is 0 Å². The number of hydrogen-bond acceptors (Lipinski definition) is 4. The van der Waals surface area contributed by atoms with E-state index in [1.807, 2.05) is 38.2 Å². The Balaban J connectivity index is 1.75. The summed E-state index contributed by atoms with van der Waals surface area (Å²) in [7, 11) is 3.83. The van der Waals surface area contributed by atoms with Crippen molar-refractivity contribution in [3.63, 3.8) is 0 Å². The average Bonchev–Trinajstić information content (AvgIpc) is 2.94. The lowest BCUT2D eigenvalue weighted by atomic mass is 10.4. The topological polar surface area (TPSA) is 40.5 Å². The number of aryl methyl sites for hydroxylation is 1. The van der Waals surface area contributed by atoms with Crippen LogP contribution in [0.5, 0.6) is 0 Å². The monoisotopic (exact) mass is 368 g/mol. The van der Waals surface area contributed by atoms with E-state index in [4.69, 9.17) is 11.6 Å². The van der Waals surface area contributed by atoms with Crippen LogP contribution in [-0.2, 0) is 6.54 Å². The molecule has 0 bridgehead atoms. The van der Waals surface area contributed by atoms with Crippen molar-refractivity contribution in [3.8, 4) is 0 Å². The summed E-state index contributed by atoms with van der Waals surface area (Å²) in [5.74, 6) is 1.84. The largest absolute Gasteiger partial charge is 0.355 e. The Morgan fingerprint density at radius 2 is 2.13 bits per heavy atom. The smallest absolute Gasteiger partial charge is 0.193 e. The minimum absolute atomic E-state index is 0.758. The van der Waals surface area contributed by atoms with E-state index >= 15 is 0 Å². The minimum atomic E-state index is 0.758. The van der Waals surface area contributed by atoms with Gasteiger partial charge in [0, 0.05) is 41.7 Å². The first-order valence-electron chi connectivity index (χ1n) is 7.29. The van der Waals surface area contributed by atoms with Crippen molar-refractivity contribution in [3.05, 3.63) is 45.4 Å². The van der Waals surface area contributed by atoms with Crippen molar-refractivity contribution < 1.29 is 0 Å². The van der Waals surface area contributed by atoms with Gasteiger partial charge in [-0.05, 0) is 31.2 Å². The van der Waals surface area contributed by atoms with Crippen LogP contribution in [0.4, 0.5) is 0 Å². The summed E-state index contributed by atoms with van der Waals surface area (Å²) >= 11 is 9.36. The van der Waals surface area contributed by atoms with E-state index in [0.29, 0.717) is 0 Å². The first-order chi connectivity index (χ1) is 11.1.